The van der Waals surface area contributed by atoms with Crippen molar-refractivity contribution in [2.75, 3.05) is 20.3 Å². The average Bonchev–Trinajstić information content (AvgIpc) is 3.27. The number of carbonyl (C=O) groups is 1. The van der Waals surface area contributed by atoms with Gasteiger partial charge in [0.1, 0.15) is 6.61 Å². The average molecular weight is 534 g/mol. The fourth-order valence-electron chi connectivity index (χ4n) is 4.30. The number of amides is 1. The second-order valence-electron chi connectivity index (χ2n) is 9.56. The molecule has 3 atom stereocenters. The Labute approximate surface area is 210 Å². The molecule has 2 N–H and O–H groups in total. The summed E-state index contributed by atoms with van der Waals surface area (Å²) in [7, 11) is 3.53. The Morgan fingerprint density at radius 2 is 2.03 bits per heavy atom. The number of pyridine rings is 1. The van der Waals surface area contributed by atoms with Crippen molar-refractivity contribution in [1.29, 1.82) is 0 Å². The summed E-state index contributed by atoms with van der Waals surface area (Å²) >= 11 is 3.48. The van der Waals surface area contributed by atoms with E-state index in [1.807, 2.05) is 37.3 Å². The zero-order valence-electron chi connectivity index (χ0n) is 20.8. The maximum absolute atomic E-state index is 13.9. The lowest BCUT2D eigenvalue weighted by molar-refractivity contribution is 0.0535. The highest BCUT2D eigenvalue weighted by molar-refractivity contribution is 9.10. The van der Waals surface area contributed by atoms with E-state index in [-0.39, 0.29) is 29.4 Å². The maximum atomic E-state index is 13.9. The van der Waals surface area contributed by atoms with Crippen LogP contribution in [0.4, 0.5) is 0 Å². The van der Waals surface area contributed by atoms with Crippen molar-refractivity contribution in [3.8, 4) is 5.75 Å². The summed E-state index contributed by atoms with van der Waals surface area (Å²) in [6.07, 6.45) is 2.40. The van der Waals surface area contributed by atoms with E-state index >= 15 is 0 Å². The van der Waals surface area contributed by atoms with E-state index in [0.29, 0.717) is 35.7 Å². The van der Waals surface area contributed by atoms with Crippen LogP contribution in [0, 0.1) is 5.92 Å². The smallest absolute Gasteiger partial charge is 0.274 e. The summed E-state index contributed by atoms with van der Waals surface area (Å²) in [5.74, 6) is 0.111. The van der Waals surface area contributed by atoms with E-state index in [1.165, 1.54) is 0 Å². The minimum absolute atomic E-state index is 0.0251. The Balaban J connectivity index is 2.11. The molecule has 0 spiro atoms. The zero-order valence-corrected chi connectivity index (χ0v) is 22.4. The van der Waals surface area contributed by atoms with Crippen LogP contribution in [0.3, 0.4) is 0 Å². The Kier molecular flexibility index (Phi) is 8.60. The lowest BCUT2D eigenvalue weighted by Crippen LogP contribution is -2.49. The Morgan fingerprint density at radius 1 is 1.35 bits per heavy atom. The van der Waals surface area contributed by atoms with Gasteiger partial charge in [-0.25, -0.2) is 0 Å². The first-order chi connectivity index (χ1) is 16.1. The number of carbonyl (C=O) groups excluding carboxylic acids is 1. The van der Waals surface area contributed by atoms with E-state index in [4.69, 9.17) is 15.2 Å². The molecule has 1 aliphatic heterocycles. The van der Waals surface area contributed by atoms with Crippen LogP contribution in [0.1, 0.15) is 67.8 Å². The first-order valence-corrected chi connectivity index (χ1v) is 12.6. The van der Waals surface area contributed by atoms with Crippen molar-refractivity contribution in [2.45, 2.75) is 58.2 Å². The predicted molar refractivity (Wildman–Crippen MR) is 137 cm³/mol. The first-order valence-electron chi connectivity index (χ1n) is 11.8. The van der Waals surface area contributed by atoms with Crippen molar-refractivity contribution in [1.82, 2.24) is 9.47 Å². The monoisotopic (exact) mass is 533 g/mol. The SMILES string of the molecule is CCC(C)CC(N)c1c(Br)c(=O)c(OCc2ccccc2)c(C(=O)N(C)C2(C)CCOC2)n1C. The van der Waals surface area contributed by atoms with Gasteiger partial charge in [0, 0.05) is 26.7 Å². The van der Waals surface area contributed by atoms with E-state index < -0.39 is 11.6 Å². The van der Waals surface area contributed by atoms with Crippen LogP contribution >= 0.6 is 15.9 Å². The van der Waals surface area contributed by atoms with Gasteiger partial charge in [0.05, 0.1) is 22.3 Å². The summed E-state index contributed by atoms with van der Waals surface area (Å²) in [5, 5.41) is 0. The molecular weight excluding hydrogens is 498 g/mol. The molecule has 8 heteroatoms. The normalized spacial score (nSPS) is 19.6. The van der Waals surface area contributed by atoms with Gasteiger partial charge in [-0.05, 0) is 47.2 Å². The number of nitrogens with two attached hydrogens (primary N) is 1. The van der Waals surface area contributed by atoms with Gasteiger partial charge in [0.15, 0.2) is 11.4 Å². The summed E-state index contributed by atoms with van der Waals surface area (Å²) < 4.78 is 13.7. The fraction of sp³-hybridized carbons (Fsp3) is 0.538. The molecule has 1 aromatic heterocycles. The number of halogens is 1. The molecule has 186 valence electrons. The summed E-state index contributed by atoms with van der Waals surface area (Å²) in [6.45, 7) is 7.44. The number of nitrogens with zero attached hydrogens (tertiary/aromatic N) is 2. The molecule has 2 aromatic rings. The van der Waals surface area contributed by atoms with Gasteiger partial charge in [0.2, 0.25) is 5.43 Å². The number of aromatic nitrogens is 1. The fourth-order valence-corrected chi connectivity index (χ4v) is 5.04. The second-order valence-corrected chi connectivity index (χ2v) is 10.4. The topological polar surface area (TPSA) is 86.8 Å². The van der Waals surface area contributed by atoms with Crippen LogP contribution in [0.5, 0.6) is 5.75 Å². The minimum Gasteiger partial charge on any atom is -0.483 e. The van der Waals surface area contributed by atoms with Crippen LogP contribution < -0.4 is 15.9 Å². The van der Waals surface area contributed by atoms with Gasteiger partial charge in [-0.2, -0.15) is 0 Å². The second kappa shape index (κ2) is 11.1. The van der Waals surface area contributed by atoms with Gasteiger partial charge >= 0.3 is 0 Å². The Hall–Kier alpha value is -2.16. The molecule has 1 amide bonds. The zero-order chi connectivity index (χ0) is 25.0. The van der Waals surface area contributed by atoms with Crippen molar-refractivity contribution in [3.63, 3.8) is 0 Å². The number of hydrogen-bond acceptors (Lipinski definition) is 5. The van der Waals surface area contributed by atoms with Crippen molar-refractivity contribution in [2.24, 2.45) is 18.7 Å². The standard InChI is InChI=1S/C26H36BrN3O4/c1-6-17(2)14-19(28)21-20(27)23(31)24(34-15-18-10-8-7-9-11-18)22(29(21)4)25(32)30(5)26(3)12-13-33-16-26/h7-11,17,19H,6,12-16,28H2,1-5H3. The third-order valence-electron chi connectivity index (χ3n) is 6.99. The Morgan fingerprint density at radius 3 is 2.62 bits per heavy atom. The highest BCUT2D eigenvalue weighted by atomic mass is 79.9. The summed E-state index contributed by atoms with van der Waals surface area (Å²) in [5.41, 5.74) is 7.45. The maximum Gasteiger partial charge on any atom is 0.274 e. The highest BCUT2D eigenvalue weighted by Gasteiger charge is 2.39. The number of rotatable bonds is 9. The first kappa shape index (κ1) is 26.4. The van der Waals surface area contributed by atoms with Crippen LogP contribution in [-0.2, 0) is 18.4 Å². The largest absolute Gasteiger partial charge is 0.483 e. The molecule has 1 saturated heterocycles. The van der Waals surface area contributed by atoms with E-state index in [9.17, 15) is 9.59 Å². The molecule has 3 rings (SSSR count). The minimum atomic E-state index is -0.462. The number of benzene rings is 1. The summed E-state index contributed by atoms with van der Waals surface area (Å²) in [6, 6.07) is 9.16. The molecule has 1 aromatic carbocycles. The molecule has 0 saturated carbocycles. The van der Waals surface area contributed by atoms with Gasteiger partial charge in [-0.15, -0.1) is 0 Å². The van der Waals surface area contributed by atoms with Gasteiger partial charge in [-0.3, -0.25) is 9.59 Å². The molecule has 2 heterocycles. The van der Waals surface area contributed by atoms with E-state index in [0.717, 1.165) is 18.4 Å². The van der Waals surface area contributed by atoms with E-state index in [1.54, 1.807) is 23.6 Å². The molecule has 0 bridgehead atoms. The molecule has 3 unspecified atom stereocenters. The van der Waals surface area contributed by atoms with Crippen molar-refractivity contribution >= 4 is 21.8 Å². The predicted octanol–water partition coefficient (Wildman–Crippen LogP) is 4.41. The van der Waals surface area contributed by atoms with Crippen LogP contribution in [0.15, 0.2) is 39.6 Å². The molecule has 1 fully saturated rings. The molecule has 0 radical (unpaired) electrons. The highest BCUT2D eigenvalue weighted by Crippen LogP contribution is 2.32. The molecule has 34 heavy (non-hydrogen) atoms. The molecule has 1 aliphatic rings. The van der Waals surface area contributed by atoms with Crippen LogP contribution in [0.25, 0.3) is 0 Å². The lowest BCUT2D eigenvalue weighted by atomic mass is 9.96. The Bertz CT molecular complexity index is 1060. The van der Waals surface area contributed by atoms with Crippen molar-refractivity contribution < 1.29 is 14.3 Å². The van der Waals surface area contributed by atoms with Crippen LogP contribution in [0.2, 0.25) is 0 Å². The van der Waals surface area contributed by atoms with Gasteiger partial charge in [0.25, 0.3) is 5.91 Å². The molecule has 0 aliphatic carbocycles. The lowest BCUT2D eigenvalue weighted by Gasteiger charge is -2.35. The third-order valence-corrected chi connectivity index (χ3v) is 7.75. The van der Waals surface area contributed by atoms with Crippen molar-refractivity contribution in [3.05, 3.63) is 62.0 Å². The summed E-state index contributed by atoms with van der Waals surface area (Å²) in [4.78, 5) is 29.1. The number of hydrogen-bond donors (Lipinski definition) is 1. The third kappa shape index (κ3) is 5.39. The molecule has 7 nitrogen and oxygen atoms in total. The van der Waals surface area contributed by atoms with Gasteiger partial charge in [-0.1, -0.05) is 50.6 Å². The quantitative estimate of drug-likeness (QED) is 0.515. The number of ether oxygens (including phenoxy) is 2. The number of likely N-dealkylation sites (N-methyl/N-ethyl adjacent to an activating group) is 1. The van der Waals surface area contributed by atoms with Crippen LogP contribution in [-0.4, -0.2) is 41.2 Å². The van der Waals surface area contributed by atoms with E-state index in [2.05, 4.69) is 29.8 Å². The van der Waals surface area contributed by atoms with Gasteiger partial charge < -0.3 is 24.7 Å². The molecular formula is C26H36BrN3O4.